The Kier molecular flexibility index (Phi) is 2.78. The van der Waals surface area contributed by atoms with Gasteiger partial charge in [-0.25, -0.2) is 13.2 Å². The van der Waals surface area contributed by atoms with Crippen molar-refractivity contribution in [2.75, 3.05) is 0 Å². The molecular formula is C15H8F4O. The molecule has 0 N–H and O–H groups in total. The molecule has 1 nitrogen and oxygen atoms in total. The summed E-state index contributed by atoms with van der Waals surface area (Å²) in [5, 5.41) is -0.384. The van der Waals surface area contributed by atoms with Crippen LogP contribution in [0.25, 0.3) is 22.1 Å². The number of benzene rings is 2. The minimum absolute atomic E-state index is 0.189. The molecule has 0 radical (unpaired) electrons. The van der Waals surface area contributed by atoms with E-state index in [-0.39, 0.29) is 16.7 Å². The molecule has 0 unspecified atom stereocenters. The molecule has 0 atom stereocenters. The van der Waals surface area contributed by atoms with Crippen LogP contribution in [-0.2, 0) is 0 Å². The third kappa shape index (κ3) is 1.62. The second-order valence-electron chi connectivity index (χ2n) is 4.36. The van der Waals surface area contributed by atoms with Gasteiger partial charge in [0.25, 0.3) is 0 Å². The first-order chi connectivity index (χ1) is 9.52. The Hall–Kier alpha value is -2.30. The van der Waals surface area contributed by atoms with Crippen LogP contribution in [0.5, 0.6) is 0 Å². The normalized spacial score (nSPS) is 11.2. The van der Waals surface area contributed by atoms with Gasteiger partial charge in [0.2, 0.25) is 11.6 Å². The van der Waals surface area contributed by atoms with Crippen molar-refractivity contribution in [3.8, 4) is 11.1 Å². The molecule has 1 aromatic heterocycles. The summed E-state index contributed by atoms with van der Waals surface area (Å²) in [4.78, 5) is 0. The molecule has 0 aliphatic rings. The summed E-state index contributed by atoms with van der Waals surface area (Å²) in [6, 6.07) is 8.44. The molecule has 5 heteroatoms. The summed E-state index contributed by atoms with van der Waals surface area (Å²) in [6.45, 7) is 1.48. The van der Waals surface area contributed by atoms with Crippen LogP contribution in [0.4, 0.5) is 17.6 Å². The number of rotatable bonds is 1. The van der Waals surface area contributed by atoms with Crippen molar-refractivity contribution in [2.24, 2.45) is 0 Å². The van der Waals surface area contributed by atoms with E-state index in [0.717, 1.165) is 0 Å². The minimum Gasteiger partial charge on any atom is -0.457 e. The Labute approximate surface area is 111 Å². The molecule has 0 bridgehead atoms. The predicted molar refractivity (Wildman–Crippen MR) is 66.2 cm³/mol. The number of fused-ring (bicyclic) bond motifs is 1. The average Bonchev–Trinajstić information content (AvgIpc) is 2.81. The molecule has 0 aliphatic carbocycles. The van der Waals surface area contributed by atoms with Crippen molar-refractivity contribution in [2.45, 2.75) is 6.92 Å². The van der Waals surface area contributed by atoms with Gasteiger partial charge in [-0.1, -0.05) is 30.3 Å². The minimum atomic E-state index is -1.87. The lowest BCUT2D eigenvalue weighted by atomic mass is 10.0. The lowest BCUT2D eigenvalue weighted by Crippen LogP contribution is -1.96. The second-order valence-corrected chi connectivity index (χ2v) is 4.36. The van der Waals surface area contributed by atoms with Crippen LogP contribution in [-0.4, -0.2) is 0 Å². The molecule has 0 spiro atoms. The Bertz CT molecular complexity index is 806. The molecule has 0 saturated heterocycles. The van der Waals surface area contributed by atoms with Crippen LogP contribution >= 0.6 is 0 Å². The number of aryl methyl sites for hydroxylation is 1. The molecule has 20 heavy (non-hydrogen) atoms. The first-order valence-corrected chi connectivity index (χ1v) is 5.82. The summed E-state index contributed by atoms with van der Waals surface area (Å²) in [6.07, 6.45) is 0. The van der Waals surface area contributed by atoms with Gasteiger partial charge in [0, 0.05) is 5.56 Å². The van der Waals surface area contributed by atoms with Gasteiger partial charge in [-0.3, -0.25) is 0 Å². The van der Waals surface area contributed by atoms with Crippen molar-refractivity contribution >= 4 is 11.0 Å². The molecule has 0 fully saturated rings. The van der Waals surface area contributed by atoms with Crippen LogP contribution < -0.4 is 0 Å². The molecular weight excluding hydrogens is 272 g/mol. The number of hydrogen-bond acceptors (Lipinski definition) is 1. The highest BCUT2D eigenvalue weighted by atomic mass is 19.2. The maximum absolute atomic E-state index is 14.0. The standard InChI is InChI=1S/C15H8F4O/c1-7-9(8-5-3-2-4-6-8)10-11(16)12(17)13(18)14(19)15(10)20-7/h2-6H,1H3. The number of hydrogen-bond donors (Lipinski definition) is 0. The number of halogens is 4. The van der Waals surface area contributed by atoms with E-state index in [4.69, 9.17) is 4.42 Å². The van der Waals surface area contributed by atoms with E-state index in [0.29, 0.717) is 5.56 Å². The van der Waals surface area contributed by atoms with E-state index in [2.05, 4.69) is 0 Å². The zero-order chi connectivity index (χ0) is 14.4. The van der Waals surface area contributed by atoms with Gasteiger partial charge >= 0.3 is 0 Å². The highest BCUT2D eigenvalue weighted by Crippen LogP contribution is 2.38. The first kappa shape index (κ1) is 12.7. The fraction of sp³-hybridized carbons (Fsp3) is 0.0667. The molecule has 102 valence electrons. The lowest BCUT2D eigenvalue weighted by molar-refractivity contribution is 0.409. The second kappa shape index (κ2) is 4.37. The van der Waals surface area contributed by atoms with E-state index >= 15 is 0 Å². The van der Waals surface area contributed by atoms with Gasteiger partial charge in [0.15, 0.2) is 17.2 Å². The highest BCUT2D eigenvalue weighted by molar-refractivity contribution is 5.96. The third-order valence-corrected chi connectivity index (χ3v) is 3.14. The monoisotopic (exact) mass is 280 g/mol. The Balaban J connectivity index is 2.49. The topological polar surface area (TPSA) is 13.1 Å². The molecule has 0 saturated carbocycles. The van der Waals surface area contributed by atoms with Crippen LogP contribution in [0.15, 0.2) is 34.7 Å². The van der Waals surface area contributed by atoms with Crippen molar-refractivity contribution in [3.63, 3.8) is 0 Å². The van der Waals surface area contributed by atoms with Gasteiger partial charge in [0.05, 0.1) is 5.39 Å². The Morgan fingerprint density at radius 1 is 0.800 bits per heavy atom. The lowest BCUT2D eigenvalue weighted by Gasteiger charge is -2.02. The smallest absolute Gasteiger partial charge is 0.205 e. The van der Waals surface area contributed by atoms with E-state index in [1.165, 1.54) is 6.92 Å². The largest absolute Gasteiger partial charge is 0.457 e. The molecule has 3 rings (SSSR count). The summed E-state index contributed by atoms with van der Waals surface area (Å²) in [5.74, 6) is -6.50. The van der Waals surface area contributed by atoms with Crippen molar-refractivity contribution < 1.29 is 22.0 Å². The van der Waals surface area contributed by atoms with Gasteiger partial charge in [-0.2, -0.15) is 4.39 Å². The van der Waals surface area contributed by atoms with Gasteiger partial charge in [-0.15, -0.1) is 0 Å². The molecule has 3 aromatic rings. The SMILES string of the molecule is Cc1oc2c(F)c(F)c(F)c(F)c2c1-c1ccccc1. The first-order valence-electron chi connectivity index (χ1n) is 5.82. The zero-order valence-corrected chi connectivity index (χ0v) is 10.3. The summed E-state index contributed by atoms with van der Waals surface area (Å²) in [7, 11) is 0. The van der Waals surface area contributed by atoms with Crippen molar-refractivity contribution in [3.05, 3.63) is 59.4 Å². The van der Waals surface area contributed by atoms with Crippen LogP contribution in [0.3, 0.4) is 0 Å². The molecule has 1 heterocycles. The zero-order valence-electron chi connectivity index (χ0n) is 10.3. The van der Waals surface area contributed by atoms with Crippen molar-refractivity contribution in [1.82, 2.24) is 0 Å². The quantitative estimate of drug-likeness (QED) is 0.348. The Morgan fingerprint density at radius 3 is 2.05 bits per heavy atom. The Morgan fingerprint density at radius 2 is 1.40 bits per heavy atom. The van der Waals surface area contributed by atoms with Gasteiger partial charge in [-0.05, 0) is 12.5 Å². The molecule has 0 aliphatic heterocycles. The maximum atomic E-state index is 14.0. The predicted octanol–water partition coefficient (Wildman–Crippen LogP) is 4.96. The van der Waals surface area contributed by atoms with Crippen LogP contribution in [0, 0.1) is 30.2 Å². The van der Waals surface area contributed by atoms with Crippen molar-refractivity contribution in [1.29, 1.82) is 0 Å². The summed E-state index contributed by atoms with van der Waals surface area (Å²) >= 11 is 0. The fourth-order valence-corrected chi connectivity index (χ4v) is 2.26. The van der Waals surface area contributed by atoms with E-state index in [9.17, 15) is 17.6 Å². The third-order valence-electron chi connectivity index (χ3n) is 3.14. The van der Waals surface area contributed by atoms with Crippen LogP contribution in [0.2, 0.25) is 0 Å². The number of furan rings is 1. The fourth-order valence-electron chi connectivity index (χ4n) is 2.26. The van der Waals surface area contributed by atoms with E-state index in [1.54, 1.807) is 30.3 Å². The highest BCUT2D eigenvalue weighted by Gasteiger charge is 2.27. The van der Waals surface area contributed by atoms with Gasteiger partial charge in [0.1, 0.15) is 5.76 Å². The van der Waals surface area contributed by atoms with E-state index in [1.807, 2.05) is 0 Å². The average molecular weight is 280 g/mol. The van der Waals surface area contributed by atoms with E-state index < -0.39 is 28.9 Å². The summed E-state index contributed by atoms with van der Waals surface area (Å²) in [5.41, 5.74) is 0.140. The van der Waals surface area contributed by atoms with Gasteiger partial charge < -0.3 is 4.42 Å². The van der Waals surface area contributed by atoms with Crippen LogP contribution in [0.1, 0.15) is 5.76 Å². The maximum Gasteiger partial charge on any atom is 0.205 e. The summed E-state index contributed by atoms with van der Waals surface area (Å²) < 4.78 is 59.3. The molecule has 0 amide bonds. The molecule has 2 aromatic carbocycles.